The van der Waals surface area contributed by atoms with E-state index in [1.54, 1.807) is 29.7 Å². The maximum Gasteiger partial charge on any atom is 0.320 e. The quantitative estimate of drug-likeness (QED) is 0.902. The largest absolute Gasteiger partial charge is 0.331 e. The number of nitrogens with one attached hydrogen (secondary N) is 2. The van der Waals surface area contributed by atoms with Gasteiger partial charge in [-0.2, -0.15) is 0 Å². The molecule has 0 aromatic carbocycles. The third kappa shape index (κ3) is 4.03. The summed E-state index contributed by atoms with van der Waals surface area (Å²) >= 11 is 1.56. The molecule has 0 aliphatic carbocycles. The second-order valence-corrected chi connectivity index (χ2v) is 5.29. The third-order valence-corrected chi connectivity index (χ3v) is 3.33. The highest BCUT2D eigenvalue weighted by atomic mass is 32.1. The lowest BCUT2D eigenvalue weighted by molar-refractivity contribution is 0.251. The molecule has 0 saturated heterocycles. The first-order valence-corrected chi connectivity index (χ1v) is 6.93. The van der Waals surface area contributed by atoms with Crippen LogP contribution in [0.3, 0.4) is 0 Å². The number of carbonyl (C=O) groups excluding carboxylic acids is 1. The topological polar surface area (TPSA) is 66.9 Å². The molecule has 0 bridgehead atoms. The van der Waals surface area contributed by atoms with Crippen LogP contribution in [0, 0.1) is 0 Å². The first-order valence-electron chi connectivity index (χ1n) is 6.05. The van der Waals surface area contributed by atoms with Gasteiger partial charge in [-0.3, -0.25) is 5.32 Å². The van der Waals surface area contributed by atoms with Gasteiger partial charge in [-0.05, 0) is 18.1 Å². The van der Waals surface area contributed by atoms with Gasteiger partial charge in [0, 0.05) is 11.6 Å². The van der Waals surface area contributed by atoms with Gasteiger partial charge >= 0.3 is 6.03 Å². The average molecular weight is 276 g/mol. The normalized spacial score (nSPS) is 10.5. The molecule has 0 unspecified atom stereocenters. The molecule has 0 radical (unpaired) electrons. The van der Waals surface area contributed by atoms with Gasteiger partial charge in [0.1, 0.15) is 10.8 Å². The molecule has 0 atom stereocenters. The molecule has 2 amide bonds. The summed E-state index contributed by atoms with van der Waals surface area (Å²) in [7, 11) is 0. The van der Waals surface area contributed by atoms with Gasteiger partial charge in [0.15, 0.2) is 0 Å². The molecule has 0 fully saturated rings. The van der Waals surface area contributed by atoms with Gasteiger partial charge in [-0.1, -0.05) is 19.9 Å². The number of thiazole rings is 1. The van der Waals surface area contributed by atoms with Crippen LogP contribution in [0.4, 0.5) is 10.6 Å². The fraction of sp³-hybridized carbons (Fsp3) is 0.308. The summed E-state index contributed by atoms with van der Waals surface area (Å²) in [4.78, 5) is 20.1. The predicted molar refractivity (Wildman–Crippen MR) is 76.3 cm³/mol. The van der Waals surface area contributed by atoms with Gasteiger partial charge in [-0.25, -0.2) is 14.8 Å². The van der Waals surface area contributed by atoms with Crippen LogP contribution in [0.1, 0.15) is 30.5 Å². The summed E-state index contributed by atoms with van der Waals surface area (Å²) in [6.45, 7) is 4.62. The minimum Gasteiger partial charge on any atom is -0.331 e. The lowest BCUT2D eigenvalue weighted by Gasteiger charge is -2.05. The molecule has 0 saturated carbocycles. The number of hydrogen-bond donors (Lipinski definition) is 2. The van der Waals surface area contributed by atoms with Crippen molar-refractivity contribution >= 4 is 23.2 Å². The van der Waals surface area contributed by atoms with Gasteiger partial charge in [0.05, 0.1) is 12.2 Å². The van der Waals surface area contributed by atoms with Gasteiger partial charge in [0.2, 0.25) is 0 Å². The highest BCUT2D eigenvalue weighted by Crippen LogP contribution is 2.17. The van der Waals surface area contributed by atoms with Crippen molar-refractivity contribution in [3.05, 3.63) is 40.5 Å². The van der Waals surface area contributed by atoms with Crippen molar-refractivity contribution in [1.29, 1.82) is 0 Å². The second kappa shape index (κ2) is 6.29. The number of aromatic nitrogens is 2. The molecule has 6 heteroatoms. The molecule has 0 aliphatic rings. The van der Waals surface area contributed by atoms with Crippen molar-refractivity contribution in [2.24, 2.45) is 0 Å². The first-order chi connectivity index (χ1) is 9.15. The Morgan fingerprint density at radius 3 is 2.89 bits per heavy atom. The molecule has 2 N–H and O–H groups in total. The average Bonchev–Trinajstić information content (AvgIpc) is 2.86. The molecule has 2 aromatic heterocycles. The summed E-state index contributed by atoms with van der Waals surface area (Å²) < 4.78 is 0. The van der Waals surface area contributed by atoms with Gasteiger partial charge in [0.25, 0.3) is 0 Å². The molecule has 2 aromatic rings. The number of nitrogens with zero attached hydrogens (tertiary/aromatic N) is 2. The second-order valence-electron chi connectivity index (χ2n) is 4.34. The minimum atomic E-state index is -0.278. The Hall–Kier alpha value is -1.95. The Morgan fingerprint density at radius 1 is 1.42 bits per heavy atom. The van der Waals surface area contributed by atoms with E-state index in [1.165, 1.54) is 0 Å². The third-order valence-electron chi connectivity index (χ3n) is 2.47. The molecule has 0 spiro atoms. The van der Waals surface area contributed by atoms with Crippen LogP contribution in [0.15, 0.2) is 29.8 Å². The number of pyridine rings is 1. The highest BCUT2D eigenvalue weighted by molar-refractivity contribution is 7.09. The Kier molecular flexibility index (Phi) is 4.46. The van der Waals surface area contributed by atoms with Crippen molar-refractivity contribution in [3.63, 3.8) is 0 Å². The van der Waals surface area contributed by atoms with E-state index in [-0.39, 0.29) is 6.03 Å². The Balaban J connectivity index is 1.83. The van der Waals surface area contributed by atoms with E-state index < -0.39 is 0 Å². The fourth-order valence-electron chi connectivity index (χ4n) is 1.42. The lowest BCUT2D eigenvalue weighted by Crippen LogP contribution is -2.28. The van der Waals surface area contributed by atoms with Crippen LogP contribution in [0.5, 0.6) is 0 Å². The fourth-order valence-corrected chi connectivity index (χ4v) is 2.32. The number of anilines is 1. The molecule has 0 aliphatic heterocycles. The molecule has 2 rings (SSSR count). The van der Waals surface area contributed by atoms with E-state index in [0.29, 0.717) is 18.3 Å². The van der Waals surface area contributed by atoms with Crippen molar-refractivity contribution < 1.29 is 4.79 Å². The Bertz CT molecular complexity index is 539. The van der Waals surface area contributed by atoms with E-state index in [0.717, 1.165) is 10.7 Å². The highest BCUT2D eigenvalue weighted by Gasteiger charge is 2.07. The Labute approximate surface area is 116 Å². The summed E-state index contributed by atoms with van der Waals surface area (Å²) in [5, 5.41) is 8.34. The van der Waals surface area contributed by atoms with Crippen molar-refractivity contribution in [2.45, 2.75) is 26.3 Å². The van der Waals surface area contributed by atoms with E-state index in [2.05, 4.69) is 34.4 Å². The van der Waals surface area contributed by atoms with Gasteiger partial charge < -0.3 is 5.32 Å². The van der Waals surface area contributed by atoms with E-state index >= 15 is 0 Å². The first kappa shape index (κ1) is 13.5. The van der Waals surface area contributed by atoms with Crippen LogP contribution < -0.4 is 10.6 Å². The molecule has 100 valence electrons. The predicted octanol–water partition coefficient (Wildman–Crippen LogP) is 2.98. The van der Waals surface area contributed by atoms with E-state index in [4.69, 9.17) is 0 Å². The van der Waals surface area contributed by atoms with Crippen LogP contribution in [-0.4, -0.2) is 16.0 Å². The van der Waals surface area contributed by atoms with E-state index in [9.17, 15) is 4.79 Å². The molecular formula is C13H16N4OS. The molecule has 2 heterocycles. The van der Waals surface area contributed by atoms with Gasteiger partial charge in [-0.15, -0.1) is 11.3 Å². The van der Waals surface area contributed by atoms with Crippen molar-refractivity contribution in [3.8, 4) is 0 Å². The lowest BCUT2D eigenvalue weighted by atomic mass is 10.2. The van der Waals surface area contributed by atoms with Crippen LogP contribution in [-0.2, 0) is 6.54 Å². The monoisotopic (exact) mass is 276 g/mol. The zero-order valence-electron chi connectivity index (χ0n) is 10.9. The van der Waals surface area contributed by atoms with Crippen LogP contribution >= 0.6 is 11.3 Å². The number of amides is 2. The molecule has 5 nitrogen and oxygen atoms in total. The number of urea groups is 1. The van der Waals surface area contributed by atoms with Crippen LogP contribution in [0.2, 0.25) is 0 Å². The Morgan fingerprint density at radius 2 is 2.26 bits per heavy atom. The van der Waals surface area contributed by atoms with Crippen LogP contribution in [0.25, 0.3) is 0 Å². The molecule has 19 heavy (non-hydrogen) atoms. The standard InChI is InChI=1S/C13H16N4OS/c1-9(2)10-8-19-12(16-10)7-15-13(18)17-11-5-3-4-6-14-11/h3-6,8-9H,7H2,1-2H3,(H2,14,15,17,18). The minimum absolute atomic E-state index is 0.278. The van der Waals surface area contributed by atoms with Crippen molar-refractivity contribution in [1.82, 2.24) is 15.3 Å². The van der Waals surface area contributed by atoms with E-state index in [1.807, 2.05) is 11.4 Å². The summed E-state index contributed by atoms with van der Waals surface area (Å²) in [6.07, 6.45) is 1.63. The number of carbonyl (C=O) groups is 1. The summed E-state index contributed by atoms with van der Waals surface area (Å²) in [5.41, 5.74) is 1.06. The zero-order chi connectivity index (χ0) is 13.7. The summed E-state index contributed by atoms with van der Waals surface area (Å²) in [5.74, 6) is 0.939. The van der Waals surface area contributed by atoms with Crippen molar-refractivity contribution in [2.75, 3.05) is 5.32 Å². The molecular weight excluding hydrogens is 260 g/mol. The zero-order valence-corrected chi connectivity index (χ0v) is 11.7. The number of rotatable bonds is 4. The number of hydrogen-bond acceptors (Lipinski definition) is 4. The summed E-state index contributed by atoms with van der Waals surface area (Å²) in [6, 6.07) is 5.07. The smallest absolute Gasteiger partial charge is 0.320 e. The SMILES string of the molecule is CC(C)c1csc(CNC(=O)Nc2ccccn2)n1. The maximum atomic E-state index is 11.6. The maximum absolute atomic E-state index is 11.6.